The van der Waals surface area contributed by atoms with Crippen LogP contribution < -0.4 is 10.1 Å². The Bertz CT molecular complexity index is 641. The summed E-state index contributed by atoms with van der Waals surface area (Å²) < 4.78 is 18.7. The average Bonchev–Trinajstić information content (AvgIpc) is 3.37. The third-order valence-corrected chi connectivity index (χ3v) is 3.76. The Labute approximate surface area is 129 Å². The Balaban J connectivity index is 1.59. The molecular formula is C18H18FNO2. The van der Waals surface area contributed by atoms with Crippen molar-refractivity contribution in [1.29, 1.82) is 0 Å². The molecule has 1 aliphatic rings. The maximum Gasteiger partial charge on any atom is 0.258 e. The van der Waals surface area contributed by atoms with Crippen LogP contribution in [-0.2, 0) is 4.79 Å². The number of hydrogen-bond acceptors (Lipinski definition) is 2. The van der Waals surface area contributed by atoms with Crippen LogP contribution in [0.4, 0.5) is 4.39 Å². The molecule has 2 aromatic carbocycles. The minimum atomic E-state index is -0.461. The fourth-order valence-corrected chi connectivity index (χ4v) is 2.48. The minimum Gasteiger partial charge on any atom is -0.481 e. The van der Waals surface area contributed by atoms with Gasteiger partial charge >= 0.3 is 0 Å². The molecule has 22 heavy (non-hydrogen) atoms. The van der Waals surface area contributed by atoms with Crippen molar-refractivity contribution in [3.8, 4) is 5.75 Å². The summed E-state index contributed by atoms with van der Waals surface area (Å²) in [6.07, 6.45) is 2.24. The second-order valence-corrected chi connectivity index (χ2v) is 5.51. The van der Waals surface area contributed by atoms with Crippen LogP contribution in [0.15, 0.2) is 54.6 Å². The molecule has 1 fully saturated rings. The summed E-state index contributed by atoms with van der Waals surface area (Å²) in [5.41, 5.74) is 1.10. The molecule has 3 nitrogen and oxygen atoms in total. The van der Waals surface area contributed by atoms with E-state index in [1.807, 2.05) is 30.3 Å². The number of halogens is 1. The van der Waals surface area contributed by atoms with E-state index in [2.05, 4.69) is 5.32 Å². The highest BCUT2D eigenvalue weighted by molar-refractivity contribution is 5.78. The topological polar surface area (TPSA) is 38.3 Å². The number of para-hydroxylation sites is 1. The number of rotatable bonds is 6. The summed E-state index contributed by atoms with van der Waals surface area (Å²) in [7, 11) is 0. The SMILES string of the molecule is O=C(COc1ccccc1F)NC(c1ccccc1)C1CC1. The fraction of sp³-hybridized carbons (Fsp3) is 0.278. The van der Waals surface area contributed by atoms with Crippen molar-refractivity contribution in [3.05, 3.63) is 66.0 Å². The molecule has 4 heteroatoms. The second-order valence-electron chi connectivity index (χ2n) is 5.51. The van der Waals surface area contributed by atoms with E-state index in [4.69, 9.17) is 4.74 Å². The van der Waals surface area contributed by atoms with Gasteiger partial charge in [-0.2, -0.15) is 0 Å². The van der Waals surface area contributed by atoms with Crippen molar-refractivity contribution in [1.82, 2.24) is 5.32 Å². The van der Waals surface area contributed by atoms with Gasteiger partial charge in [-0.25, -0.2) is 4.39 Å². The van der Waals surface area contributed by atoms with Crippen molar-refractivity contribution in [2.24, 2.45) is 5.92 Å². The fourth-order valence-electron chi connectivity index (χ4n) is 2.48. The lowest BCUT2D eigenvalue weighted by Crippen LogP contribution is -2.33. The first-order chi connectivity index (χ1) is 10.7. The first kappa shape index (κ1) is 14.6. The molecule has 0 aliphatic heterocycles. The van der Waals surface area contributed by atoms with Gasteiger partial charge in [-0.1, -0.05) is 42.5 Å². The molecule has 3 rings (SSSR count). The van der Waals surface area contributed by atoms with Crippen LogP contribution in [0, 0.1) is 11.7 Å². The molecule has 2 aromatic rings. The lowest BCUT2D eigenvalue weighted by Gasteiger charge is -2.19. The maximum absolute atomic E-state index is 13.4. The lowest BCUT2D eigenvalue weighted by atomic mass is 10.0. The van der Waals surface area contributed by atoms with Crippen molar-refractivity contribution in [3.63, 3.8) is 0 Å². The summed E-state index contributed by atoms with van der Waals surface area (Å²) in [6, 6.07) is 16.0. The zero-order valence-corrected chi connectivity index (χ0v) is 12.2. The number of carbonyl (C=O) groups is 1. The number of amides is 1. The zero-order chi connectivity index (χ0) is 15.4. The van der Waals surface area contributed by atoms with E-state index in [-0.39, 0.29) is 24.3 Å². The molecule has 1 N–H and O–H groups in total. The van der Waals surface area contributed by atoms with Gasteiger partial charge in [0.2, 0.25) is 0 Å². The monoisotopic (exact) mass is 299 g/mol. The van der Waals surface area contributed by atoms with Crippen LogP contribution in [-0.4, -0.2) is 12.5 Å². The summed E-state index contributed by atoms with van der Waals surface area (Å²) in [5.74, 6) is -0.110. The molecule has 1 saturated carbocycles. The summed E-state index contributed by atoms with van der Waals surface area (Å²) in [5, 5.41) is 3.00. The van der Waals surface area contributed by atoms with E-state index in [0.29, 0.717) is 5.92 Å². The molecule has 1 amide bonds. The summed E-state index contributed by atoms with van der Waals surface area (Å²) >= 11 is 0. The van der Waals surface area contributed by atoms with Crippen LogP contribution in [0.2, 0.25) is 0 Å². The van der Waals surface area contributed by atoms with Crippen LogP contribution in [0.5, 0.6) is 5.75 Å². The predicted octanol–water partition coefficient (Wildman–Crippen LogP) is 3.47. The van der Waals surface area contributed by atoms with Crippen LogP contribution in [0.25, 0.3) is 0 Å². The third-order valence-electron chi connectivity index (χ3n) is 3.76. The second kappa shape index (κ2) is 6.60. The highest BCUT2D eigenvalue weighted by Crippen LogP contribution is 2.40. The Hall–Kier alpha value is -2.36. The summed E-state index contributed by atoms with van der Waals surface area (Å²) in [6.45, 7) is -0.184. The Morgan fingerprint density at radius 2 is 1.82 bits per heavy atom. The number of nitrogens with one attached hydrogen (secondary N) is 1. The van der Waals surface area contributed by atoms with E-state index in [1.165, 1.54) is 12.1 Å². The molecule has 0 saturated heterocycles. The van der Waals surface area contributed by atoms with Gasteiger partial charge in [0.1, 0.15) is 0 Å². The van der Waals surface area contributed by atoms with Crippen molar-refractivity contribution in [2.75, 3.05) is 6.61 Å². The van der Waals surface area contributed by atoms with E-state index < -0.39 is 5.82 Å². The molecule has 0 aromatic heterocycles. The van der Waals surface area contributed by atoms with Crippen molar-refractivity contribution in [2.45, 2.75) is 18.9 Å². The van der Waals surface area contributed by atoms with Gasteiger partial charge in [0.05, 0.1) is 6.04 Å². The van der Waals surface area contributed by atoms with Crippen LogP contribution in [0.1, 0.15) is 24.4 Å². The standard InChI is InChI=1S/C18H18FNO2/c19-15-8-4-5-9-16(15)22-12-17(21)20-18(14-10-11-14)13-6-2-1-3-7-13/h1-9,14,18H,10-12H2,(H,20,21). The van der Waals surface area contributed by atoms with Gasteiger partial charge in [-0.15, -0.1) is 0 Å². The Morgan fingerprint density at radius 3 is 2.50 bits per heavy atom. The molecule has 0 heterocycles. The van der Waals surface area contributed by atoms with Crippen LogP contribution >= 0.6 is 0 Å². The molecule has 0 radical (unpaired) electrons. The van der Waals surface area contributed by atoms with E-state index in [0.717, 1.165) is 18.4 Å². The predicted molar refractivity (Wildman–Crippen MR) is 81.9 cm³/mol. The molecule has 1 aliphatic carbocycles. The highest BCUT2D eigenvalue weighted by atomic mass is 19.1. The lowest BCUT2D eigenvalue weighted by molar-refractivity contribution is -0.124. The van der Waals surface area contributed by atoms with Crippen molar-refractivity contribution < 1.29 is 13.9 Å². The summed E-state index contributed by atoms with van der Waals surface area (Å²) in [4.78, 5) is 12.1. The highest BCUT2D eigenvalue weighted by Gasteiger charge is 2.33. The average molecular weight is 299 g/mol. The zero-order valence-electron chi connectivity index (χ0n) is 12.2. The first-order valence-corrected chi connectivity index (χ1v) is 7.45. The van der Waals surface area contributed by atoms with Gasteiger partial charge in [-0.3, -0.25) is 4.79 Å². The van der Waals surface area contributed by atoms with Gasteiger partial charge in [-0.05, 0) is 36.5 Å². The largest absolute Gasteiger partial charge is 0.481 e. The van der Waals surface area contributed by atoms with Gasteiger partial charge in [0, 0.05) is 0 Å². The van der Waals surface area contributed by atoms with Gasteiger partial charge < -0.3 is 10.1 Å². The molecule has 114 valence electrons. The minimum absolute atomic E-state index is 0.0120. The number of ether oxygens (including phenoxy) is 1. The maximum atomic E-state index is 13.4. The van der Waals surface area contributed by atoms with Crippen molar-refractivity contribution >= 4 is 5.91 Å². The number of carbonyl (C=O) groups excluding carboxylic acids is 1. The van der Waals surface area contributed by atoms with Crippen LogP contribution in [0.3, 0.4) is 0 Å². The number of benzene rings is 2. The molecular weight excluding hydrogens is 281 g/mol. The normalized spacial score (nSPS) is 15.1. The molecule has 1 atom stereocenters. The molecule has 0 spiro atoms. The smallest absolute Gasteiger partial charge is 0.258 e. The van der Waals surface area contributed by atoms with E-state index in [1.54, 1.807) is 12.1 Å². The quantitative estimate of drug-likeness (QED) is 0.887. The Kier molecular flexibility index (Phi) is 4.37. The molecule has 0 bridgehead atoms. The molecule has 1 unspecified atom stereocenters. The Morgan fingerprint density at radius 1 is 1.14 bits per heavy atom. The third kappa shape index (κ3) is 3.64. The van der Waals surface area contributed by atoms with E-state index in [9.17, 15) is 9.18 Å². The number of hydrogen-bond donors (Lipinski definition) is 1. The van der Waals surface area contributed by atoms with Gasteiger partial charge in [0.15, 0.2) is 18.2 Å². The van der Waals surface area contributed by atoms with E-state index >= 15 is 0 Å². The first-order valence-electron chi connectivity index (χ1n) is 7.45. The van der Waals surface area contributed by atoms with Gasteiger partial charge in [0.25, 0.3) is 5.91 Å².